The molecule has 1 heterocycles. The zero-order chi connectivity index (χ0) is 14.8. The van der Waals surface area contributed by atoms with Crippen LogP contribution in [0.15, 0.2) is 47.5 Å². The zero-order valence-corrected chi connectivity index (χ0v) is 10.9. The van der Waals surface area contributed by atoms with E-state index in [-0.39, 0.29) is 0 Å². The molecule has 104 valence electrons. The second-order valence-corrected chi connectivity index (χ2v) is 4.56. The van der Waals surface area contributed by atoms with Gasteiger partial charge in [0.2, 0.25) is 11.8 Å². The summed E-state index contributed by atoms with van der Waals surface area (Å²) >= 11 is 0. The second kappa shape index (κ2) is 5.16. The summed E-state index contributed by atoms with van der Waals surface area (Å²) in [5.41, 5.74) is 0.658. The molecule has 3 rings (SSSR count). The van der Waals surface area contributed by atoms with E-state index in [0.29, 0.717) is 5.69 Å². The molecule has 0 bridgehead atoms. The van der Waals surface area contributed by atoms with E-state index in [4.69, 9.17) is 0 Å². The van der Waals surface area contributed by atoms with Gasteiger partial charge in [0.25, 0.3) is 0 Å². The van der Waals surface area contributed by atoms with Crippen molar-refractivity contribution in [2.75, 3.05) is 0 Å². The Morgan fingerprint density at radius 2 is 1.57 bits per heavy atom. The van der Waals surface area contributed by atoms with Gasteiger partial charge in [0.15, 0.2) is 5.92 Å². The lowest BCUT2D eigenvalue weighted by molar-refractivity contribution is -0.132. The molecule has 1 saturated heterocycles. The van der Waals surface area contributed by atoms with Crippen LogP contribution in [-0.2, 0) is 9.59 Å². The van der Waals surface area contributed by atoms with Crippen molar-refractivity contribution in [3.05, 3.63) is 42.5 Å². The number of nitrogens with zero attached hydrogens (tertiary/aromatic N) is 1. The minimum Gasteiger partial charge on any atom is -0.277 e. The highest BCUT2D eigenvalue weighted by atomic mass is 16.2. The van der Waals surface area contributed by atoms with E-state index in [0.717, 1.165) is 10.8 Å². The van der Waals surface area contributed by atoms with Crippen LogP contribution in [0, 0.1) is 5.92 Å². The fourth-order valence-corrected chi connectivity index (χ4v) is 2.14. The fourth-order valence-electron chi connectivity index (χ4n) is 2.14. The maximum absolute atomic E-state index is 11.6. The van der Waals surface area contributed by atoms with E-state index >= 15 is 0 Å². The van der Waals surface area contributed by atoms with Crippen LogP contribution >= 0.6 is 0 Å². The van der Waals surface area contributed by atoms with Crippen LogP contribution in [0.25, 0.3) is 10.8 Å². The zero-order valence-electron chi connectivity index (χ0n) is 10.9. The van der Waals surface area contributed by atoms with Crippen molar-refractivity contribution in [1.29, 1.82) is 0 Å². The standard InChI is InChI=1S/C15H11N3O3/c19-13-11(14(20)18-15(21)17-13)8-16-12-7-3-5-9-4-1-2-6-10(9)12/h1-8,11H,(H2,17,18,19,20,21). The normalized spacial score (nSPS) is 16.3. The lowest BCUT2D eigenvalue weighted by Crippen LogP contribution is -2.56. The van der Waals surface area contributed by atoms with Crippen LogP contribution in [0.1, 0.15) is 0 Å². The predicted octanol–water partition coefficient (Wildman–Crippen LogP) is 1.52. The maximum atomic E-state index is 11.6. The molecule has 6 heteroatoms. The number of barbiturate groups is 1. The van der Waals surface area contributed by atoms with Gasteiger partial charge in [-0.2, -0.15) is 0 Å². The van der Waals surface area contributed by atoms with Crippen molar-refractivity contribution in [2.24, 2.45) is 10.9 Å². The molecule has 2 aromatic carbocycles. The van der Waals surface area contributed by atoms with E-state index in [1.165, 1.54) is 6.21 Å². The van der Waals surface area contributed by atoms with E-state index in [1.807, 2.05) is 47.0 Å². The van der Waals surface area contributed by atoms with Gasteiger partial charge in [0.05, 0.1) is 5.69 Å². The van der Waals surface area contributed by atoms with E-state index in [9.17, 15) is 14.4 Å². The van der Waals surface area contributed by atoms with Gasteiger partial charge in [-0.1, -0.05) is 36.4 Å². The molecule has 6 nitrogen and oxygen atoms in total. The van der Waals surface area contributed by atoms with E-state index < -0.39 is 23.8 Å². The number of carbonyl (C=O) groups is 3. The molecule has 4 amide bonds. The minimum absolute atomic E-state index is 0.658. The number of nitrogens with one attached hydrogen (secondary N) is 2. The SMILES string of the molecule is O=C1NC(=O)C(C=Nc2cccc3ccccc23)C(=O)N1. The summed E-state index contributed by atoms with van der Waals surface area (Å²) in [5, 5.41) is 6.00. The van der Waals surface area contributed by atoms with Crippen molar-refractivity contribution in [1.82, 2.24) is 10.6 Å². The monoisotopic (exact) mass is 281 g/mol. The van der Waals surface area contributed by atoms with Gasteiger partial charge in [0, 0.05) is 11.6 Å². The number of urea groups is 1. The summed E-state index contributed by atoms with van der Waals surface area (Å²) in [7, 11) is 0. The first-order chi connectivity index (χ1) is 10.1. The third-order valence-electron chi connectivity index (χ3n) is 3.17. The number of carbonyl (C=O) groups excluding carboxylic acids is 3. The molecule has 0 unspecified atom stereocenters. The largest absolute Gasteiger partial charge is 0.328 e. The Kier molecular flexibility index (Phi) is 3.19. The Morgan fingerprint density at radius 3 is 2.33 bits per heavy atom. The van der Waals surface area contributed by atoms with Crippen LogP contribution < -0.4 is 10.6 Å². The molecule has 0 saturated carbocycles. The van der Waals surface area contributed by atoms with Crippen molar-refractivity contribution in [3.8, 4) is 0 Å². The summed E-state index contributed by atoms with van der Waals surface area (Å²) in [5.74, 6) is -2.46. The van der Waals surface area contributed by atoms with Crippen LogP contribution in [0.4, 0.5) is 10.5 Å². The summed E-state index contributed by atoms with van der Waals surface area (Å²) < 4.78 is 0. The summed E-state index contributed by atoms with van der Waals surface area (Å²) in [6.07, 6.45) is 1.25. The predicted molar refractivity (Wildman–Crippen MR) is 77.3 cm³/mol. The highest BCUT2D eigenvalue weighted by Gasteiger charge is 2.32. The van der Waals surface area contributed by atoms with Gasteiger partial charge in [0.1, 0.15) is 0 Å². The number of imide groups is 2. The van der Waals surface area contributed by atoms with Crippen LogP contribution in [0.5, 0.6) is 0 Å². The third kappa shape index (κ3) is 2.51. The number of benzene rings is 2. The molecule has 2 aromatic rings. The second-order valence-electron chi connectivity index (χ2n) is 4.56. The first kappa shape index (κ1) is 13.0. The molecule has 1 fully saturated rings. The average Bonchev–Trinajstić information content (AvgIpc) is 2.46. The van der Waals surface area contributed by atoms with E-state index in [1.54, 1.807) is 6.07 Å². The number of aliphatic imine (C=N–C) groups is 1. The first-order valence-electron chi connectivity index (χ1n) is 6.33. The van der Waals surface area contributed by atoms with Crippen LogP contribution in [0.3, 0.4) is 0 Å². The van der Waals surface area contributed by atoms with Crippen molar-refractivity contribution < 1.29 is 14.4 Å². The van der Waals surface area contributed by atoms with Gasteiger partial charge in [-0.3, -0.25) is 25.2 Å². The van der Waals surface area contributed by atoms with E-state index in [2.05, 4.69) is 4.99 Å². The Hall–Kier alpha value is -3.02. The smallest absolute Gasteiger partial charge is 0.277 e. The van der Waals surface area contributed by atoms with Crippen molar-refractivity contribution in [2.45, 2.75) is 0 Å². The average molecular weight is 281 g/mol. The molecule has 0 radical (unpaired) electrons. The molecule has 2 N–H and O–H groups in total. The summed E-state index contributed by atoms with van der Waals surface area (Å²) in [4.78, 5) is 38.4. The lowest BCUT2D eigenvalue weighted by Gasteiger charge is -2.17. The van der Waals surface area contributed by atoms with Crippen LogP contribution in [0.2, 0.25) is 0 Å². The number of hydrogen-bond donors (Lipinski definition) is 2. The molecule has 0 aliphatic carbocycles. The van der Waals surface area contributed by atoms with Gasteiger partial charge >= 0.3 is 6.03 Å². The third-order valence-corrected chi connectivity index (χ3v) is 3.17. The van der Waals surface area contributed by atoms with Gasteiger partial charge in [-0.05, 0) is 11.5 Å². The molecule has 0 spiro atoms. The molecular weight excluding hydrogens is 270 g/mol. The Bertz CT molecular complexity index is 757. The molecule has 1 aliphatic rings. The Labute approximate surface area is 119 Å². The quantitative estimate of drug-likeness (QED) is 0.646. The number of fused-ring (bicyclic) bond motifs is 1. The van der Waals surface area contributed by atoms with Crippen molar-refractivity contribution in [3.63, 3.8) is 0 Å². The molecule has 0 atom stereocenters. The first-order valence-corrected chi connectivity index (χ1v) is 6.33. The van der Waals surface area contributed by atoms with Gasteiger partial charge in [-0.25, -0.2) is 4.79 Å². The highest BCUT2D eigenvalue weighted by molar-refractivity contribution is 6.23. The van der Waals surface area contributed by atoms with Gasteiger partial charge in [-0.15, -0.1) is 0 Å². The minimum atomic E-state index is -1.11. The maximum Gasteiger partial charge on any atom is 0.328 e. The Morgan fingerprint density at radius 1 is 0.905 bits per heavy atom. The summed E-state index contributed by atoms with van der Waals surface area (Å²) in [6, 6.07) is 12.5. The molecular formula is C15H11N3O3. The number of amides is 4. The topological polar surface area (TPSA) is 87.6 Å². The lowest BCUT2D eigenvalue weighted by atomic mass is 10.1. The Balaban J connectivity index is 1.93. The number of rotatable bonds is 2. The number of hydrogen-bond acceptors (Lipinski definition) is 4. The fraction of sp³-hybridized carbons (Fsp3) is 0.0667. The highest BCUT2D eigenvalue weighted by Crippen LogP contribution is 2.25. The molecule has 0 aromatic heterocycles. The van der Waals surface area contributed by atoms with Crippen LogP contribution in [-0.4, -0.2) is 24.1 Å². The van der Waals surface area contributed by atoms with Gasteiger partial charge < -0.3 is 0 Å². The van der Waals surface area contributed by atoms with Crippen molar-refractivity contribution >= 4 is 40.5 Å². The molecule has 1 aliphatic heterocycles. The molecule has 21 heavy (non-hydrogen) atoms. The summed E-state index contributed by atoms with van der Waals surface area (Å²) in [6.45, 7) is 0.